The van der Waals surface area contributed by atoms with Crippen LogP contribution in [0.25, 0.3) is 0 Å². The van der Waals surface area contributed by atoms with Crippen LogP contribution in [0.4, 0.5) is 0 Å². The largest absolute Gasteiger partial charge is 0.342 e. The number of carbonyl (C=O) groups excluding carboxylic acids is 1. The molecule has 0 saturated heterocycles. The molecule has 0 radical (unpaired) electrons. The number of carbonyl (C=O) groups is 1. The maximum atomic E-state index is 10.8. The first kappa shape index (κ1) is 28.4. The van der Waals surface area contributed by atoms with Gasteiger partial charge in [0, 0.05) is 6.42 Å². The van der Waals surface area contributed by atoms with Gasteiger partial charge in [0.2, 0.25) is 0 Å². The van der Waals surface area contributed by atoms with Gasteiger partial charge in [-0.25, -0.2) is 4.79 Å². The number of unbranched alkanes of at least 4 members (excludes halogenated alkanes) is 22. The summed E-state index contributed by atoms with van der Waals surface area (Å²) < 4.78 is 0. The highest BCUT2D eigenvalue weighted by Crippen LogP contribution is 2.15. The Morgan fingerprint density at radius 3 is 0.966 bits per heavy atom. The molecular weight excluding hydrogens is 360 g/mol. The van der Waals surface area contributed by atoms with Crippen LogP contribution in [0, 0.1) is 0 Å². The molecule has 0 aliphatic heterocycles. The fraction of sp³-hybridized carbons (Fsp3) is 0.962. The van der Waals surface area contributed by atoms with Crippen LogP contribution in [0.5, 0.6) is 0 Å². The highest BCUT2D eigenvalue weighted by molar-refractivity contribution is 5.68. The molecule has 3 heteroatoms. The molecule has 0 atom stereocenters. The van der Waals surface area contributed by atoms with Gasteiger partial charge < -0.3 is 4.89 Å². The Hall–Kier alpha value is -0.570. The maximum absolute atomic E-state index is 10.8. The Morgan fingerprint density at radius 2 is 0.724 bits per heavy atom. The average molecular weight is 413 g/mol. The normalized spacial score (nSPS) is 11.1. The number of hydrogen-bond donors (Lipinski definition) is 1. The zero-order valence-corrected chi connectivity index (χ0v) is 19.7. The van der Waals surface area contributed by atoms with Crippen LogP contribution in [-0.2, 0) is 9.68 Å². The molecule has 0 heterocycles. The summed E-state index contributed by atoms with van der Waals surface area (Å²) in [5, 5.41) is 8.16. The molecule has 29 heavy (non-hydrogen) atoms. The second-order valence-corrected chi connectivity index (χ2v) is 8.99. The first-order valence-electron chi connectivity index (χ1n) is 13.2. The molecule has 0 aliphatic carbocycles. The van der Waals surface area contributed by atoms with Crippen molar-refractivity contribution >= 4 is 5.97 Å². The second-order valence-electron chi connectivity index (χ2n) is 8.99. The lowest BCUT2D eigenvalue weighted by Gasteiger charge is -2.04. The third-order valence-electron chi connectivity index (χ3n) is 6.09. The van der Waals surface area contributed by atoms with Gasteiger partial charge in [-0.05, 0) is 6.42 Å². The predicted octanol–water partition coefficient (Wildman–Crippen LogP) is 9.38. The molecular formula is C26H52O3. The Balaban J connectivity index is 3.01. The lowest BCUT2D eigenvalue weighted by molar-refractivity contribution is -0.234. The van der Waals surface area contributed by atoms with E-state index in [2.05, 4.69) is 11.8 Å². The van der Waals surface area contributed by atoms with Crippen LogP contribution in [0.2, 0.25) is 0 Å². The topological polar surface area (TPSA) is 46.5 Å². The van der Waals surface area contributed by atoms with Gasteiger partial charge in [-0.15, -0.1) is 0 Å². The fourth-order valence-corrected chi connectivity index (χ4v) is 4.10. The van der Waals surface area contributed by atoms with Crippen molar-refractivity contribution in [3.8, 4) is 0 Å². The molecule has 0 spiro atoms. The summed E-state index contributed by atoms with van der Waals surface area (Å²) in [5.41, 5.74) is 0. The van der Waals surface area contributed by atoms with E-state index in [9.17, 15) is 4.79 Å². The quantitative estimate of drug-likeness (QED) is 0.0975. The highest BCUT2D eigenvalue weighted by atomic mass is 17.1. The number of hydrogen-bond acceptors (Lipinski definition) is 3. The lowest BCUT2D eigenvalue weighted by atomic mass is 10.0. The van der Waals surface area contributed by atoms with Crippen LogP contribution >= 0.6 is 0 Å². The molecule has 0 aromatic carbocycles. The third kappa shape index (κ3) is 25.4. The van der Waals surface area contributed by atoms with Crippen molar-refractivity contribution in [3.05, 3.63) is 0 Å². The lowest BCUT2D eigenvalue weighted by Crippen LogP contribution is -1.99. The van der Waals surface area contributed by atoms with Gasteiger partial charge >= 0.3 is 5.97 Å². The zero-order chi connectivity index (χ0) is 21.3. The van der Waals surface area contributed by atoms with E-state index < -0.39 is 5.97 Å². The Kier molecular flexibility index (Phi) is 25.0. The molecule has 0 aromatic heterocycles. The number of rotatable bonds is 24. The van der Waals surface area contributed by atoms with Crippen molar-refractivity contribution in [2.75, 3.05) is 0 Å². The monoisotopic (exact) mass is 412 g/mol. The van der Waals surface area contributed by atoms with Crippen molar-refractivity contribution in [2.45, 2.75) is 161 Å². The van der Waals surface area contributed by atoms with Gasteiger partial charge in [-0.2, -0.15) is 5.26 Å². The minimum atomic E-state index is -0.506. The van der Waals surface area contributed by atoms with Gasteiger partial charge in [-0.1, -0.05) is 148 Å². The minimum Gasteiger partial charge on any atom is -0.301 e. The molecule has 0 aromatic rings. The smallest absolute Gasteiger partial charge is 0.301 e. The summed E-state index contributed by atoms with van der Waals surface area (Å²) in [4.78, 5) is 14.4. The summed E-state index contributed by atoms with van der Waals surface area (Å²) >= 11 is 0. The zero-order valence-electron chi connectivity index (χ0n) is 19.7. The summed E-state index contributed by atoms with van der Waals surface area (Å²) in [7, 11) is 0. The van der Waals surface area contributed by atoms with Gasteiger partial charge in [-0.3, -0.25) is 0 Å². The van der Waals surface area contributed by atoms with E-state index in [0.717, 1.165) is 12.8 Å². The Bertz CT molecular complexity index is 317. The highest BCUT2D eigenvalue weighted by Gasteiger charge is 2.00. The SMILES string of the molecule is CCCCCCCCCCCCCCCCCCCCCCCCCC(=O)OO. The molecule has 0 aliphatic rings. The Morgan fingerprint density at radius 1 is 0.483 bits per heavy atom. The average Bonchev–Trinajstić information content (AvgIpc) is 2.74. The summed E-state index contributed by atoms with van der Waals surface area (Å²) in [5.74, 6) is -0.506. The van der Waals surface area contributed by atoms with Crippen LogP contribution in [0.15, 0.2) is 0 Å². The van der Waals surface area contributed by atoms with Crippen LogP contribution < -0.4 is 0 Å². The minimum absolute atomic E-state index is 0.343. The van der Waals surface area contributed by atoms with Gasteiger partial charge in [0.25, 0.3) is 0 Å². The second kappa shape index (κ2) is 25.5. The van der Waals surface area contributed by atoms with Crippen molar-refractivity contribution in [3.63, 3.8) is 0 Å². The van der Waals surface area contributed by atoms with Gasteiger partial charge in [0.15, 0.2) is 0 Å². The summed E-state index contributed by atoms with van der Waals surface area (Å²) in [6, 6.07) is 0. The standard InChI is InChI=1S/C26H52O3/c1-2-3-4-5-6-7-8-9-10-11-12-13-14-15-16-17-18-19-20-21-22-23-24-25-26(27)29-28/h28H,2-25H2,1H3. The molecule has 0 amide bonds. The fourth-order valence-electron chi connectivity index (χ4n) is 4.10. The molecule has 3 nitrogen and oxygen atoms in total. The third-order valence-corrected chi connectivity index (χ3v) is 6.09. The summed E-state index contributed by atoms with van der Waals surface area (Å²) in [6.45, 7) is 2.29. The van der Waals surface area contributed by atoms with E-state index in [-0.39, 0.29) is 0 Å². The van der Waals surface area contributed by atoms with Crippen molar-refractivity contribution in [2.24, 2.45) is 0 Å². The van der Waals surface area contributed by atoms with Gasteiger partial charge in [0.1, 0.15) is 0 Å². The van der Waals surface area contributed by atoms with Crippen LogP contribution in [0.1, 0.15) is 161 Å². The van der Waals surface area contributed by atoms with Gasteiger partial charge in [0.05, 0.1) is 0 Å². The molecule has 0 rings (SSSR count). The summed E-state index contributed by atoms with van der Waals surface area (Å²) in [6.07, 6.45) is 31.8. The maximum Gasteiger partial charge on any atom is 0.342 e. The molecule has 174 valence electrons. The van der Waals surface area contributed by atoms with Crippen molar-refractivity contribution < 1.29 is 14.9 Å². The molecule has 0 fully saturated rings. The first-order valence-corrected chi connectivity index (χ1v) is 13.2. The van der Waals surface area contributed by atoms with E-state index in [1.165, 1.54) is 135 Å². The van der Waals surface area contributed by atoms with Crippen LogP contribution in [-0.4, -0.2) is 11.2 Å². The van der Waals surface area contributed by atoms with E-state index in [1.807, 2.05) is 0 Å². The van der Waals surface area contributed by atoms with Crippen LogP contribution in [0.3, 0.4) is 0 Å². The molecule has 0 unspecified atom stereocenters. The Labute approximate surface area is 182 Å². The van der Waals surface area contributed by atoms with E-state index in [0.29, 0.717) is 6.42 Å². The predicted molar refractivity (Wildman–Crippen MR) is 125 cm³/mol. The van der Waals surface area contributed by atoms with E-state index in [1.54, 1.807) is 0 Å². The van der Waals surface area contributed by atoms with Crippen molar-refractivity contribution in [1.82, 2.24) is 0 Å². The molecule has 1 N–H and O–H groups in total. The molecule has 0 bridgehead atoms. The van der Waals surface area contributed by atoms with Crippen molar-refractivity contribution in [1.29, 1.82) is 0 Å². The van der Waals surface area contributed by atoms with E-state index in [4.69, 9.17) is 5.26 Å². The molecule has 0 saturated carbocycles. The first-order chi connectivity index (χ1) is 14.3. The van der Waals surface area contributed by atoms with E-state index >= 15 is 0 Å².